The molecule has 0 radical (unpaired) electrons. The fourth-order valence-electron chi connectivity index (χ4n) is 0.810. The van der Waals surface area contributed by atoms with Gasteiger partial charge in [-0.25, -0.2) is 4.99 Å². The zero-order valence-electron chi connectivity index (χ0n) is 7.66. The molecule has 1 amide bonds. The van der Waals surface area contributed by atoms with Crippen LogP contribution in [0, 0.1) is 11.3 Å². The molecule has 0 aromatic heterocycles. The fourth-order valence-corrected chi connectivity index (χ4v) is 0.810. The van der Waals surface area contributed by atoms with Crippen molar-refractivity contribution in [1.29, 1.82) is 5.26 Å². The van der Waals surface area contributed by atoms with Crippen molar-refractivity contribution in [3.8, 4) is 6.07 Å². The predicted octanol–water partition coefficient (Wildman–Crippen LogP) is -0.163. The van der Waals surface area contributed by atoms with Crippen LogP contribution in [-0.4, -0.2) is 28.1 Å². The van der Waals surface area contributed by atoms with Crippen LogP contribution in [0.25, 0.3) is 0 Å². The summed E-state index contributed by atoms with van der Waals surface area (Å²) in [6, 6.07) is 9.65. The van der Waals surface area contributed by atoms with Crippen molar-refractivity contribution in [2.24, 2.45) is 4.99 Å². The summed E-state index contributed by atoms with van der Waals surface area (Å²) in [6.07, 6.45) is 1.15. The van der Waals surface area contributed by atoms with Crippen molar-refractivity contribution in [2.45, 2.75) is 5.79 Å². The van der Waals surface area contributed by atoms with Crippen molar-refractivity contribution in [3.63, 3.8) is 0 Å². The lowest BCUT2D eigenvalue weighted by atomic mass is 10.2. The van der Waals surface area contributed by atoms with Gasteiger partial charge in [0.1, 0.15) is 6.07 Å². The summed E-state index contributed by atoms with van der Waals surface area (Å²) in [6.45, 7) is 0. The molecule has 0 heterocycles. The summed E-state index contributed by atoms with van der Waals surface area (Å²) in [7, 11) is 0. The summed E-state index contributed by atoms with van der Waals surface area (Å²) >= 11 is 0. The van der Waals surface area contributed by atoms with E-state index >= 15 is 0 Å². The Morgan fingerprint density at radius 2 is 2.00 bits per heavy atom. The third-order valence-corrected chi connectivity index (χ3v) is 1.58. The molecule has 0 aliphatic carbocycles. The first-order valence-corrected chi connectivity index (χ1v) is 4.06. The molecular formula is C10H8N2O3. The third kappa shape index (κ3) is 2.98. The normalized spacial score (nSPS) is 11.3. The van der Waals surface area contributed by atoms with Crippen molar-refractivity contribution >= 4 is 12.1 Å². The molecule has 1 aromatic rings. The first kappa shape index (κ1) is 11.0. The van der Waals surface area contributed by atoms with Gasteiger partial charge in [0.15, 0.2) is 0 Å². The molecule has 0 aliphatic rings. The second-order valence-electron chi connectivity index (χ2n) is 2.76. The molecule has 0 bridgehead atoms. The lowest BCUT2D eigenvalue weighted by Gasteiger charge is -2.05. The molecule has 76 valence electrons. The Bertz CT molecular complexity index is 418. The van der Waals surface area contributed by atoms with Gasteiger partial charge < -0.3 is 10.2 Å². The zero-order chi connectivity index (χ0) is 11.3. The number of nitriles is 1. The van der Waals surface area contributed by atoms with Crippen molar-refractivity contribution < 1.29 is 15.0 Å². The number of aliphatic hydroxyl groups is 2. The minimum Gasteiger partial charge on any atom is -0.347 e. The highest BCUT2D eigenvalue weighted by molar-refractivity contribution is 5.96. The van der Waals surface area contributed by atoms with Gasteiger partial charge in [0, 0.05) is 6.21 Å². The Hall–Kier alpha value is -2.03. The fraction of sp³-hybridized carbons (Fsp3) is 0.100. The van der Waals surface area contributed by atoms with Crippen LogP contribution < -0.4 is 0 Å². The smallest absolute Gasteiger partial charge is 0.338 e. The Morgan fingerprint density at radius 3 is 2.53 bits per heavy atom. The van der Waals surface area contributed by atoms with E-state index in [1.165, 1.54) is 0 Å². The van der Waals surface area contributed by atoms with Crippen LogP contribution >= 0.6 is 0 Å². The van der Waals surface area contributed by atoms with Gasteiger partial charge >= 0.3 is 11.7 Å². The maximum Gasteiger partial charge on any atom is 0.338 e. The molecule has 0 spiro atoms. The van der Waals surface area contributed by atoms with E-state index in [-0.39, 0.29) is 0 Å². The average Bonchev–Trinajstić information content (AvgIpc) is 2.27. The van der Waals surface area contributed by atoms with E-state index in [1.54, 1.807) is 30.3 Å². The Balaban J connectivity index is 2.77. The topological polar surface area (TPSA) is 93.7 Å². The molecule has 15 heavy (non-hydrogen) atoms. The first-order chi connectivity index (χ1) is 7.06. The second-order valence-corrected chi connectivity index (χ2v) is 2.76. The second kappa shape index (κ2) is 4.46. The predicted molar refractivity (Wildman–Crippen MR) is 51.8 cm³/mol. The molecule has 0 saturated heterocycles. The van der Waals surface area contributed by atoms with E-state index < -0.39 is 11.7 Å². The van der Waals surface area contributed by atoms with Crippen LogP contribution in [0.3, 0.4) is 0 Å². The van der Waals surface area contributed by atoms with Gasteiger partial charge in [0.2, 0.25) is 0 Å². The quantitative estimate of drug-likeness (QED) is 0.397. The van der Waals surface area contributed by atoms with Gasteiger partial charge in [0.25, 0.3) is 0 Å². The maximum absolute atomic E-state index is 10.9. The highest BCUT2D eigenvalue weighted by Gasteiger charge is 2.32. The highest BCUT2D eigenvalue weighted by Crippen LogP contribution is 2.01. The SMILES string of the molecule is N#CC(O)(O)C(=O)/N=C/c1ccccc1. The van der Waals surface area contributed by atoms with Crippen molar-refractivity contribution in [3.05, 3.63) is 35.9 Å². The number of hydrogen-bond acceptors (Lipinski definition) is 4. The standard InChI is InChI=1S/C10H8N2O3/c11-7-10(14,15)9(13)12-6-8-4-2-1-3-5-8/h1-6,14-15H/b12-6+. The van der Waals surface area contributed by atoms with E-state index in [9.17, 15) is 4.79 Å². The molecule has 0 aliphatic heterocycles. The van der Waals surface area contributed by atoms with Gasteiger partial charge in [-0.3, -0.25) is 4.79 Å². The Kier molecular flexibility index (Phi) is 3.29. The third-order valence-electron chi connectivity index (χ3n) is 1.58. The minimum absolute atomic E-state index is 0.625. The minimum atomic E-state index is -3.05. The number of aliphatic imine (C=N–C) groups is 1. The molecule has 1 rings (SSSR count). The van der Waals surface area contributed by atoms with Gasteiger partial charge in [-0.2, -0.15) is 5.26 Å². The summed E-state index contributed by atoms with van der Waals surface area (Å²) in [5, 5.41) is 25.8. The molecule has 0 fully saturated rings. The summed E-state index contributed by atoms with van der Waals surface area (Å²) < 4.78 is 0. The van der Waals surface area contributed by atoms with E-state index in [1.807, 2.05) is 0 Å². The number of nitrogens with zero attached hydrogens (tertiary/aromatic N) is 2. The van der Waals surface area contributed by atoms with Gasteiger partial charge in [-0.1, -0.05) is 30.3 Å². The molecular weight excluding hydrogens is 196 g/mol. The van der Waals surface area contributed by atoms with Crippen LogP contribution in [-0.2, 0) is 4.79 Å². The van der Waals surface area contributed by atoms with E-state index in [4.69, 9.17) is 15.5 Å². The first-order valence-electron chi connectivity index (χ1n) is 4.06. The van der Waals surface area contributed by atoms with E-state index in [2.05, 4.69) is 4.99 Å². The van der Waals surface area contributed by atoms with Crippen LogP contribution in [0.4, 0.5) is 0 Å². The number of benzene rings is 1. The lowest BCUT2D eigenvalue weighted by Crippen LogP contribution is -2.35. The molecule has 5 nitrogen and oxygen atoms in total. The Morgan fingerprint density at radius 1 is 1.40 bits per heavy atom. The molecule has 0 saturated carbocycles. The highest BCUT2D eigenvalue weighted by atomic mass is 16.5. The van der Waals surface area contributed by atoms with Crippen LogP contribution in [0.2, 0.25) is 0 Å². The van der Waals surface area contributed by atoms with Gasteiger partial charge in [-0.05, 0) is 5.56 Å². The number of carbonyl (C=O) groups is 1. The van der Waals surface area contributed by atoms with Gasteiger partial charge in [0.05, 0.1) is 0 Å². The maximum atomic E-state index is 10.9. The van der Waals surface area contributed by atoms with E-state index in [0.29, 0.717) is 5.56 Å². The van der Waals surface area contributed by atoms with Crippen LogP contribution in [0.1, 0.15) is 5.56 Å². The number of carbonyl (C=O) groups excluding carboxylic acids is 1. The van der Waals surface area contributed by atoms with Crippen LogP contribution in [0.5, 0.6) is 0 Å². The van der Waals surface area contributed by atoms with Gasteiger partial charge in [-0.15, -0.1) is 0 Å². The number of rotatable bonds is 2. The van der Waals surface area contributed by atoms with E-state index in [0.717, 1.165) is 12.3 Å². The number of hydrogen-bond donors (Lipinski definition) is 2. The van der Waals surface area contributed by atoms with Crippen molar-refractivity contribution in [1.82, 2.24) is 0 Å². The van der Waals surface area contributed by atoms with Crippen molar-refractivity contribution in [2.75, 3.05) is 0 Å². The average molecular weight is 204 g/mol. The number of amides is 1. The molecule has 5 heteroatoms. The van der Waals surface area contributed by atoms with Crippen LogP contribution in [0.15, 0.2) is 35.3 Å². The molecule has 0 atom stereocenters. The monoisotopic (exact) mass is 204 g/mol. The lowest BCUT2D eigenvalue weighted by molar-refractivity contribution is -0.161. The molecule has 0 unspecified atom stereocenters. The molecule has 2 N–H and O–H groups in total. The summed E-state index contributed by atoms with van der Waals surface area (Å²) in [4.78, 5) is 14.2. The largest absolute Gasteiger partial charge is 0.347 e. The summed E-state index contributed by atoms with van der Waals surface area (Å²) in [5.41, 5.74) is 0.625. The summed E-state index contributed by atoms with van der Waals surface area (Å²) in [5.74, 6) is -4.36. The zero-order valence-corrected chi connectivity index (χ0v) is 7.66. The molecule has 1 aromatic carbocycles. The Labute approximate surface area is 85.9 Å².